The van der Waals surface area contributed by atoms with Gasteiger partial charge in [-0.15, -0.1) is 0 Å². The second kappa shape index (κ2) is 6.55. The molecule has 0 bridgehead atoms. The third-order valence-corrected chi connectivity index (χ3v) is 4.09. The molecule has 0 saturated carbocycles. The molecule has 1 atom stereocenters. The fraction of sp³-hybridized carbons (Fsp3) is 0.625. The molecule has 1 aromatic carbocycles. The molecular weight excluding hydrogens is 255 g/mol. The van der Waals surface area contributed by atoms with Crippen LogP contribution in [0.3, 0.4) is 0 Å². The van der Waals surface area contributed by atoms with Gasteiger partial charge in [-0.2, -0.15) is 0 Å². The van der Waals surface area contributed by atoms with Gasteiger partial charge in [-0.1, -0.05) is 6.92 Å². The van der Waals surface area contributed by atoms with Gasteiger partial charge in [-0.3, -0.25) is 0 Å². The summed E-state index contributed by atoms with van der Waals surface area (Å²) in [6.45, 7) is 8.44. The summed E-state index contributed by atoms with van der Waals surface area (Å²) in [6.07, 6.45) is 1.37. The van der Waals surface area contributed by atoms with Gasteiger partial charge >= 0.3 is 0 Å². The molecule has 0 spiro atoms. The highest BCUT2D eigenvalue weighted by molar-refractivity contribution is 5.57. The average Bonchev–Trinajstić information content (AvgIpc) is 2.42. The minimum atomic E-state index is -0.192. The van der Waals surface area contributed by atoms with Gasteiger partial charge in [0.1, 0.15) is 5.82 Å². The number of nitrogens with zero attached hydrogens (tertiary/aromatic N) is 1. The number of aliphatic hydroxyl groups excluding tert-OH is 1. The zero-order valence-electron chi connectivity index (χ0n) is 12.6. The first kappa shape index (κ1) is 15.3. The summed E-state index contributed by atoms with van der Waals surface area (Å²) in [4.78, 5) is 2.27. The molecule has 4 heteroatoms. The highest BCUT2D eigenvalue weighted by Gasteiger charge is 2.22. The first-order chi connectivity index (χ1) is 9.52. The second-order valence-electron chi connectivity index (χ2n) is 5.66. The number of benzene rings is 1. The lowest BCUT2D eigenvalue weighted by atomic mass is 9.99. The van der Waals surface area contributed by atoms with Crippen LogP contribution < -0.4 is 10.2 Å². The van der Waals surface area contributed by atoms with Crippen molar-refractivity contribution in [1.29, 1.82) is 0 Å². The average molecular weight is 280 g/mol. The number of aryl methyl sites for hydroxylation is 1. The molecule has 20 heavy (non-hydrogen) atoms. The van der Waals surface area contributed by atoms with Crippen LogP contribution in [0.2, 0.25) is 0 Å². The van der Waals surface area contributed by atoms with Crippen LogP contribution in [0.4, 0.5) is 10.1 Å². The summed E-state index contributed by atoms with van der Waals surface area (Å²) in [5.41, 5.74) is 2.79. The number of hydrogen-bond donors (Lipinski definition) is 2. The summed E-state index contributed by atoms with van der Waals surface area (Å²) in [7, 11) is 0. The smallest absolute Gasteiger partial charge is 0.126 e. The van der Waals surface area contributed by atoms with E-state index in [9.17, 15) is 9.50 Å². The Bertz CT molecular complexity index is 456. The lowest BCUT2D eigenvalue weighted by Gasteiger charge is -2.34. The molecule has 112 valence electrons. The fourth-order valence-electron chi connectivity index (χ4n) is 2.83. The van der Waals surface area contributed by atoms with Crippen molar-refractivity contribution in [3.8, 4) is 0 Å². The highest BCUT2D eigenvalue weighted by atomic mass is 19.1. The Kier molecular flexibility index (Phi) is 5.00. The molecule has 1 fully saturated rings. The van der Waals surface area contributed by atoms with Crippen molar-refractivity contribution >= 4 is 5.69 Å². The minimum Gasteiger partial charge on any atom is -0.393 e. The summed E-state index contributed by atoms with van der Waals surface area (Å²) in [5, 5.41) is 13.0. The predicted octanol–water partition coefficient (Wildman–Crippen LogP) is 2.77. The molecule has 1 saturated heterocycles. The first-order valence-corrected chi connectivity index (χ1v) is 7.49. The van der Waals surface area contributed by atoms with E-state index < -0.39 is 0 Å². The largest absolute Gasteiger partial charge is 0.393 e. The van der Waals surface area contributed by atoms with E-state index >= 15 is 0 Å². The van der Waals surface area contributed by atoms with Gasteiger partial charge < -0.3 is 15.3 Å². The predicted molar refractivity (Wildman–Crippen MR) is 80.7 cm³/mol. The molecule has 1 unspecified atom stereocenters. The van der Waals surface area contributed by atoms with Gasteiger partial charge in [0, 0.05) is 24.8 Å². The van der Waals surface area contributed by atoms with E-state index in [-0.39, 0.29) is 18.0 Å². The highest BCUT2D eigenvalue weighted by Crippen LogP contribution is 2.31. The van der Waals surface area contributed by atoms with Crippen LogP contribution >= 0.6 is 0 Å². The maximum absolute atomic E-state index is 13.9. The van der Waals surface area contributed by atoms with Gasteiger partial charge in [-0.25, -0.2) is 4.39 Å². The fourth-order valence-corrected chi connectivity index (χ4v) is 2.83. The first-order valence-electron chi connectivity index (χ1n) is 7.49. The topological polar surface area (TPSA) is 35.5 Å². The van der Waals surface area contributed by atoms with E-state index in [0.717, 1.165) is 43.7 Å². The molecule has 3 nitrogen and oxygen atoms in total. The number of hydrogen-bond acceptors (Lipinski definition) is 3. The number of aliphatic hydroxyl groups is 1. The molecule has 1 aliphatic heterocycles. The number of anilines is 1. The summed E-state index contributed by atoms with van der Waals surface area (Å²) < 4.78 is 13.9. The number of halogens is 1. The molecule has 2 rings (SSSR count). The molecule has 2 N–H and O–H groups in total. The van der Waals surface area contributed by atoms with Crippen LogP contribution in [0, 0.1) is 12.7 Å². The molecule has 0 aliphatic carbocycles. The van der Waals surface area contributed by atoms with Gasteiger partial charge in [0.2, 0.25) is 0 Å². The van der Waals surface area contributed by atoms with Crippen molar-refractivity contribution in [2.75, 3.05) is 24.5 Å². The van der Waals surface area contributed by atoms with Crippen LogP contribution in [0.15, 0.2) is 12.1 Å². The molecule has 1 heterocycles. The Morgan fingerprint density at radius 2 is 2.05 bits per heavy atom. The Morgan fingerprint density at radius 1 is 1.40 bits per heavy atom. The van der Waals surface area contributed by atoms with Crippen LogP contribution in [-0.4, -0.2) is 30.8 Å². The SMILES string of the molecule is CCNC(C)c1cc(F)c(C)cc1N1CCC(O)CC1. The number of piperidine rings is 1. The van der Waals surface area contributed by atoms with Gasteiger partial charge in [0.25, 0.3) is 0 Å². The van der Waals surface area contributed by atoms with Crippen LogP contribution in [0.25, 0.3) is 0 Å². The quantitative estimate of drug-likeness (QED) is 0.890. The van der Waals surface area contributed by atoms with E-state index in [0.29, 0.717) is 5.56 Å². The molecule has 1 aromatic rings. The van der Waals surface area contributed by atoms with Crippen LogP contribution in [0.1, 0.15) is 43.9 Å². The Balaban J connectivity index is 2.32. The second-order valence-corrected chi connectivity index (χ2v) is 5.66. The summed E-state index contributed by atoms with van der Waals surface area (Å²) in [6, 6.07) is 3.72. The molecule has 0 radical (unpaired) electrons. The van der Waals surface area contributed by atoms with Crippen LogP contribution in [-0.2, 0) is 0 Å². The Hall–Kier alpha value is -1.13. The normalized spacial score (nSPS) is 18.4. The molecule has 0 amide bonds. The van der Waals surface area contributed by atoms with Crippen LogP contribution in [0.5, 0.6) is 0 Å². The van der Waals surface area contributed by atoms with Crippen molar-refractivity contribution in [2.45, 2.75) is 45.8 Å². The minimum absolute atomic E-state index is 0.122. The molecule has 1 aliphatic rings. The maximum atomic E-state index is 13.9. The number of nitrogens with one attached hydrogen (secondary N) is 1. The van der Waals surface area contributed by atoms with E-state index in [1.807, 2.05) is 6.07 Å². The van der Waals surface area contributed by atoms with Crippen molar-refractivity contribution in [3.05, 3.63) is 29.1 Å². The standard InChI is InChI=1S/C16H25FN2O/c1-4-18-12(3)14-10-15(17)11(2)9-16(14)19-7-5-13(20)6-8-19/h9-10,12-13,18,20H,4-8H2,1-3H3. The van der Waals surface area contributed by atoms with Crippen molar-refractivity contribution in [2.24, 2.45) is 0 Å². The Labute approximate surface area is 120 Å². The zero-order valence-corrected chi connectivity index (χ0v) is 12.6. The third kappa shape index (κ3) is 3.30. The summed E-state index contributed by atoms with van der Waals surface area (Å²) >= 11 is 0. The van der Waals surface area contributed by atoms with Crippen molar-refractivity contribution in [1.82, 2.24) is 5.32 Å². The van der Waals surface area contributed by atoms with Gasteiger partial charge in [0.05, 0.1) is 6.10 Å². The van der Waals surface area contributed by atoms with Gasteiger partial charge in [-0.05, 0) is 56.5 Å². The maximum Gasteiger partial charge on any atom is 0.126 e. The molecular formula is C16H25FN2O. The lowest BCUT2D eigenvalue weighted by molar-refractivity contribution is 0.145. The Morgan fingerprint density at radius 3 is 2.65 bits per heavy atom. The monoisotopic (exact) mass is 280 g/mol. The third-order valence-electron chi connectivity index (χ3n) is 4.09. The van der Waals surface area contributed by atoms with E-state index in [1.54, 1.807) is 13.0 Å². The van der Waals surface area contributed by atoms with Crippen molar-refractivity contribution in [3.63, 3.8) is 0 Å². The zero-order chi connectivity index (χ0) is 14.7. The number of rotatable bonds is 4. The van der Waals surface area contributed by atoms with Gasteiger partial charge in [0.15, 0.2) is 0 Å². The molecule has 0 aromatic heterocycles. The summed E-state index contributed by atoms with van der Waals surface area (Å²) in [5.74, 6) is -0.148. The van der Waals surface area contributed by atoms with E-state index in [2.05, 4.69) is 24.1 Å². The van der Waals surface area contributed by atoms with E-state index in [4.69, 9.17) is 0 Å². The van der Waals surface area contributed by atoms with Crippen molar-refractivity contribution < 1.29 is 9.50 Å². The lowest BCUT2D eigenvalue weighted by Crippen LogP contribution is -2.37. The van der Waals surface area contributed by atoms with E-state index in [1.165, 1.54) is 0 Å².